The SMILES string of the molecule is CN(C)c1n[nH]c(N)c1N=Nc1cccc2cnncc12. The van der Waals surface area contributed by atoms with E-state index in [9.17, 15) is 0 Å². The number of hydrogen-bond acceptors (Lipinski definition) is 7. The van der Waals surface area contributed by atoms with Crippen molar-refractivity contribution < 1.29 is 0 Å². The Morgan fingerprint density at radius 1 is 1.14 bits per heavy atom. The molecule has 0 spiro atoms. The summed E-state index contributed by atoms with van der Waals surface area (Å²) >= 11 is 0. The number of nitrogens with zero attached hydrogens (tertiary/aromatic N) is 6. The molecule has 2 heterocycles. The minimum Gasteiger partial charge on any atom is -0.382 e. The van der Waals surface area contributed by atoms with Crippen molar-refractivity contribution >= 4 is 33.8 Å². The fraction of sp³-hybridized carbons (Fsp3) is 0.154. The topological polar surface area (TPSA) is 108 Å². The van der Waals surface area contributed by atoms with Gasteiger partial charge in [-0.3, -0.25) is 5.10 Å². The number of fused-ring (bicyclic) bond motifs is 1. The summed E-state index contributed by atoms with van der Waals surface area (Å²) in [6.07, 6.45) is 3.35. The molecule has 8 heteroatoms. The van der Waals surface area contributed by atoms with Crippen molar-refractivity contribution in [3.05, 3.63) is 30.6 Å². The normalized spacial score (nSPS) is 11.3. The van der Waals surface area contributed by atoms with E-state index in [2.05, 4.69) is 30.6 Å². The summed E-state index contributed by atoms with van der Waals surface area (Å²) in [5.41, 5.74) is 7.05. The monoisotopic (exact) mass is 282 g/mol. The summed E-state index contributed by atoms with van der Waals surface area (Å²) in [7, 11) is 3.73. The fourth-order valence-corrected chi connectivity index (χ4v) is 1.95. The van der Waals surface area contributed by atoms with Gasteiger partial charge in [-0.05, 0) is 6.07 Å². The van der Waals surface area contributed by atoms with Crippen molar-refractivity contribution in [1.29, 1.82) is 0 Å². The highest BCUT2D eigenvalue weighted by molar-refractivity contribution is 5.91. The second-order valence-corrected chi connectivity index (χ2v) is 4.67. The number of rotatable bonds is 3. The van der Waals surface area contributed by atoms with E-state index in [-0.39, 0.29) is 0 Å². The van der Waals surface area contributed by atoms with Crippen LogP contribution < -0.4 is 10.6 Å². The highest BCUT2D eigenvalue weighted by Crippen LogP contribution is 2.33. The molecule has 0 bridgehead atoms. The lowest BCUT2D eigenvalue weighted by Crippen LogP contribution is -2.09. The summed E-state index contributed by atoms with van der Waals surface area (Å²) in [4.78, 5) is 1.82. The van der Waals surface area contributed by atoms with Crippen LogP contribution in [-0.2, 0) is 0 Å². The Kier molecular flexibility index (Phi) is 3.19. The van der Waals surface area contributed by atoms with E-state index in [0.717, 1.165) is 10.8 Å². The lowest BCUT2D eigenvalue weighted by Gasteiger charge is -2.07. The van der Waals surface area contributed by atoms with Crippen LogP contribution in [0.5, 0.6) is 0 Å². The van der Waals surface area contributed by atoms with Gasteiger partial charge in [0.15, 0.2) is 11.5 Å². The molecule has 0 radical (unpaired) electrons. The number of azo groups is 1. The molecule has 106 valence electrons. The molecular weight excluding hydrogens is 268 g/mol. The molecule has 0 fully saturated rings. The number of nitrogens with two attached hydrogens (primary N) is 1. The van der Waals surface area contributed by atoms with E-state index in [4.69, 9.17) is 5.73 Å². The van der Waals surface area contributed by atoms with E-state index in [1.54, 1.807) is 12.4 Å². The second kappa shape index (κ2) is 5.16. The first-order chi connectivity index (χ1) is 10.2. The molecule has 0 aliphatic rings. The van der Waals surface area contributed by atoms with Crippen LogP contribution in [-0.4, -0.2) is 34.5 Å². The number of anilines is 2. The predicted molar refractivity (Wildman–Crippen MR) is 81.0 cm³/mol. The molecule has 21 heavy (non-hydrogen) atoms. The highest BCUT2D eigenvalue weighted by atomic mass is 15.3. The van der Waals surface area contributed by atoms with Crippen LogP contribution in [0.4, 0.5) is 23.0 Å². The van der Waals surface area contributed by atoms with Crippen molar-refractivity contribution in [3.63, 3.8) is 0 Å². The van der Waals surface area contributed by atoms with Gasteiger partial charge < -0.3 is 10.6 Å². The summed E-state index contributed by atoms with van der Waals surface area (Å²) < 4.78 is 0. The standard InChI is InChI=1S/C13H14N8/c1-21(2)13-11(12(14)19-20-13)18-17-10-5-3-4-8-6-15-16-7-9(8)10/h3-7H,1-2H3,(H3,14,19,20). The summed E-state index contributed by atoms with van der Waals surface area (Å²) in [5.74, 6) is 1.01. The zero-order valence-electron chi connectivity index (χ0n) is 11.6. The lowest BCUT2D eigenvalue weighted by atomic mass is 10.2. The molecule has 0 unspecified atom stereocenters. The molecule has 0 amide bonds. The van der Waals surface area contributed by atoms with E-state index in [1.165, 1.54) is 0 Å². The second-order valence-electron chi connectivity index (χ2n) is 4.67. The average Bonchev–Trinajstić information content (AvgIpc) is 2.86. The molecule has 0 atom stereocenters. The zero-order chi connectivity index (χ0) is 14.8. The van der Waals surface area contributed by atoms with Crippen molar-refractivity contribution in [2.75, 3.05) is 24.7 Å². The van der Waals surface area contributed by atoms with E-state index < -0.39 is 0 Å². The third kappa shape index (κ3) is 2.38. The van der Waals surface area contributed by atoms with Crippen molar-refractivity contribution in [2.24, 2.45) is 10.2 Å². The third-order valence-electron chi connectivity index (χ3n) is 3.00. The first kappa shape index (κ1) is 13.0. The first-order valence-electron chi connectivity index (χ1n) is 6.29. The smallest absolute Gasteiger partial charge is 0.180 e. The molecule has 1 aromatic carbocycles. The van der Waals surface area contributed by atoms with Crippen molar-refractivity contribution in [3.8, 4) is 0 Å². The van der Waals surface area contributed by atoms with Crippen LogP contribution in [0, 0.1) is 0 Å². The number of aromatic amines is 1. The molecule has 0 aliphatic heterocycles. The van der Waals surface area contributed by atoms with Crippen molar-refractivity contribution in [1.82, 2.24) is 20.4 Å². The van der Waals surface area contributed by atoms with E-state index in [0.29, 0.717) is 23.0 Å². The average molecular weight is 282 g/mol. The van der Waals surface area contributed by atoms with Crippen LogP contribution in [0.3, 0.4) is 0 Å². The molecule has 2 aromatic heterocycles. The quantitative estimate of drug-likeness (QED) is 0.717. The van der Waals surface area contributed by atoms with Crippen molar-refractivity contribution in [2.45, 2.75) is 0 Å². The van der Waals surface area contributed by atoms with Gasteiger partial charge in [-0.25, -0.2) is 0 Å². The predicted octanol–water partition coefficient (Wildman–Crippen LogP) is 2.42. The van der Waals surface area contributed by atoms with Gasteiger partial charge in [0.2, 0.25) is 0 Å². The maximum atomic E-state index is 5.84. The van der Waals surface area contributed by atoms with Crippen LogP contribution in [0.2, 0.25) is 0 Å². The van der Waals surface area contributed by atoms with E-state index in [1.807, 2.05) is 37.2 Å². The largest absolute Gasteiger partial charge is 0.382 e. The summed E-state index contributed by atoms with van der Waals surface area (Å²) in [6.45, 7) is 0. The number of H-pyrrole nitrogens is 1. The molecule has 0 aliphatic carbocycles. The Bertz CT molecular complexity index is 800. The number of nitrogens with one attached hydrogen (secondary N) is 1. The van der Waals surface area contributed by atoms with Crippen LogP contribution in [0.25, 0.3) is 10.8 Å². The Labute approximate surface area is 120 Å². The molecule has 0 saturated carbocycles. The van der Waals surface area contributed by atoms with Gasteiger partial charge >= 0.3 is 0 Å². The zero-order valence-corrected chi connectivity index (χ0v) is 11.6. The molecule has 3 N–H and O–H groups in total. The maximum Gasteiger partial charge on any atom is 0.180 e. The maximum absolute atomic E-state index is 5.84. The van der Waals surface area contributed by atoms with Crippen LogP contribution in [0.15, 0.2) is 40.8 Å². The van der Waals surface area contributed by atoms with Gasteiger partial charge in [0.25, 0.3) is 0 Å². The minimum absolute atomic E-state index is 0.377. The molecule has 3 aromatic rings. The van der Waals surface area contributed by atoms with Crippen LogP contribution in [0.1, 0.15) is 0 Å². The molecular formula is C13H14N8. The lowest BCUT2D eigenvalue weighted by molar-refractivity contribution is 1.01. The summed E-state index contributed by atoms with van der Waals surface area (Å²) in [5, 5.41) is 24.8. The highest BCUT2D eigenvalue weighted by Gasteiger charge is 2.12. The minimum atomic E-state index is 0.377. The van der Waals surface area contributed by atoms with Crippen LogP contribution >= 0.6 is 0 Å². The fourth-order valence-electron chi connectivity index (χ4n) is 1.95. The summed E-state index contributed by atoms with van der Waals surface area (Å²) in [6, 6.07) is 5.70. The number of hydrogen-bond donors (Lipinski definition) is 2. The Morgan fingerprint density at radius 2 is 1.95 bits per heavy atom. The number of benzene rings is 1. The molecule has 8 nitrogen and oxygen atoms in total. The number of aromatic nitrogens is 4. The molecule has 0 saturated heterocycles. The Morgan fingerprint density at radius 3 is 2.76 bits per heavy atom. The van der Waals surface area contributed by atoms with Gasteiger partial charge in [-0.2, -0.15) is 15.3 Å². The van der Waals surface area contributed by atoms with E-state index >= 15 is 0 Å². The van der Waals surface area contributed by atoms with Gasteiger partial charge in [0, 0.05) is 24.9 Å². The van der Waals surface area contributed by atoms with Gasteiger partial charge in [-0.15, -0.1) is 10.2 Å². The first-order valence-corrected chi connectivity index (χ1v) is 6.29. The molecule has 3 rings (SSSR count). The van der Waals surface area contributed by atoms with Gasteiger partial charge in [-0.1, -0.05) is 12.1 Å². The number of nitrogen functional groups attached to an aromatic ring is 1. The van der Waals surface area contributed by atoms with Gasteiger partial charge in [0.1, 0.15) is 5.82 Å². The Hall–Kier alpha value is -3.03. The van der Waals surface area contributed by atoms with Gasteiger partial charge in [0.05, 0.1) is 18.1 Å². The third-order valence-corrected chi connectivity index (χ3v) is 3.00. The Balaban J connectivity index is 2.05.